The molecule has 0 atom stereocenters. The van der Waals surface area contributed by atoms with E-state index in [2.05, 4.69) is 9.97 Å². The molecule has 0 aliphatic heterocycles. The average Bonchev–Trinajstić information content (AvgIpc) is 2.96. The van der Waals surface area contributed by atoms with Gasteiger partial charge in [-0.1, -0.05) is 24.3 Å². The molecule has 0 saturated heterocycles. The second kappa shape index (κ2) is 6.83. The van der Waals surface area contributed by atoms with Gasteiger partial charge in [-0.05, 0) is 36.8 Å². The second-order valence-corrected chi connectivity index (χ2v) is 6.17. The number of nitrogens with zero attached hydrogens (tertiary/aromatic N) is 3. The Balaban J connectivity index is 1.97. The molecule has 2 heterocycles. The zero-order valence-electron chi connectivity index (χ0n) is 12.7. The lowest BCUT2D eigenvalue weighted by molar-refractivity contribution is -0.118. The summed E-state index contributed by atoms with van der Waals surface area (Å²) in [6, 6.07) is 10.1. The van der Waals surface area contributed by atoms with Gasteiger partial charge in [0.05, 0.1) is 22.5 Å². The molecule has 3 rings (SSSR count). The third-order valence-corrected chi connectivity index (χ3v) is 4.42. The number of hydrogen-bond acceptors (Lipinski definition) is 4. The van der Waals surface area contributed by atoms with E-state index in [0.29, 0.717) is 23.6 Å². The molecule has 4 nitrogen and oxygen atoms in total. The topological polar surface area (TPSA) is 46.1 Å². The van der Waals surface area contributed by atoms with Gasteiger partial charge in [-0.25, -0.2) is 9.37 Å². The van der Waals surface area contributed by atoms with E-state index in [1.165, 1.54) is 23.5 Å². The van der Waals surface area contributed by atoms with E-state index in [1.807, 2.05) is 25.1 Å². The van der Waals surface area contributed by atoms with Gasteiger partial charge in [-0.15, -0.1) is 0 Å². The van der Waals surface area contributed by atoms with E-state index in [9.17, 15) is 9.18 Å². The van der Waals surface area contributed by atoms with Crippen LogP contribution in [0.5, 0.6) is 0 Å². The molecule has 2 aromatic heterocycles. The van der Waals surface area contributed by atoms with E-state index in [0.717, 1.165) is 16.8 Å². The summed E-state index contributed by atoms with van der Waals surface area (Å²) in [5.41, 5.74) is 1.49. The Morgan fingerprint density at radius 3 is 2.91 bits per heavy atom. The zero-order chi connectivity index (χ0) is 16.2. The van der Waals surface area contributed by atoms with Gasteiger partial charge in [-0.3, -0.25) is 14.7 Å². The van der Waals surface area contributed by atoms with Crippen molar-refractivity contribution in [3.63, 3.8) is 0 Å². The van der Waals surface area contributed by atoms with Crippen LogP contribution in [0.2, 0.25) is 0 Å². The standard InChI is InChI=1S/C17H16FN3OS/c1-2-5-16(22)21(11-13-6-3-4-9-19-13)17-20-14-8-7-12(18)10-15(14)23-17/h3-4,6-10H,2,5,11H2,1H3. The fraction of sp³-hybridized carbons (Fsp3) is 0.235. The van der Waals surface area contributed by atoms with E-state index >= 15 is 0 Å². The number of carbonyl (C=O) groups is 1. The number of hydrogen-bond donors (Lipinski definition) is 0. The first-order valence-electron chi connectivity index (χ1n) is 7.43. The predicted molar refractivity (Wildman–Crippen MR) is 89.9 cm³/mol. The molecule has 0 aliphatic carbocycles. The number of halogens is 1. The summed E-state index contributed by atoms with van der Waals surface area (Å²) in [5.74, 6) is -0.304. The third-order valence-electron chi connectivity index (χ3n) is 3.38. The Morgan fingerprint density at radius 1 is 1.30 bits per heavy atom. The Labute approximate surface area is 137 Å². The number of pyridine rings is 1. The minimum absolute atomic E-state index is 0.00215. The van der Waals surface area contributed by atoms with Crippen LogP contribution in [-0.4, -0.2) is 15.9 Å². The zero-order valence-corrected chi connectivity index (χ0v) is 13.5. The van der Waals surface area contributed by atoms with Crippen LogP contribution in [0.4, 0.5) is 9.52 Å². The SMILES string of the molecule is CCCC(=O)N(Cc1ccccn1)c1nc2ccc(F)cc2s1. The van der Waals surface area contributed by atoms with E-state index in [4.69, 9.17) is 0 Å². The molecule has 0 radical (unpaired) electrons. The normalized spacial score (nSPS) is 10.9. The molecule has 118 valence electrons. The molecule has 0 saturated carbocycles. The number of rotatable bonds is 5. The molecule has 0 fully saturated rings. The summed E-state index contributed by atoms with van der Waals surface area (Å²) in [6.45, 7) is 2.33. The van der Waals surface area contributed by atoms with Crippen molar-refractivity contribution < 1.29 is 9.18 Å². The number of thiazole rings is 1. The van der Waals surface area contributed by atoms with Crippen LogP contribution < -0.4 is 4.90 Å². The fourth-order valence-electron chi connectivity index (χ4n) is 2.27. The molecule has 6 heteroatoms. The summed E-state index contributed by atoms with van der Waals surface area (Å²) < 4.78 is 14.1. The van der Waals surface area contributed by atoms with Gasteiger partial charge < -0.3 is 0 Å². The number of anilines is 1. The Morgan fingerprint density at radius 2 is 2.17 bits per heavy atom. The maximum Gasteiger partial charge on any atom is 0.229 e. The lowest BCUT2D eigenvalue weighted by Crippen LogP contribution is -2.30. The average molecular weight is 329 g/mol. The minimum Gasteiger partial charge on any atom is -0.282 e. The van der Waals surface area contributed by atoms with Crippen LogP contribution >= 0.6 is 11.3 Å². The highest BCUT2D eigenvalue weighted by Crippen LogP contribution is 2.30. The molecule has 0 aliphatic rings. The van der Waals surface area contributed by atoms with E-state index in [1.54, 1.807) is 17.2 Å². The first-order chi connectivity index (χ1) is 11.2. The number of aromatic nitrogens is 2. The molecule has 0 unspecified atom stereocenters. The van der Waals surface area contributed by atoms with Gasteiger partial charge in [0, 0.05) is 12.6 Å². The molecule has 0 N–H and O–H groups in total. The van der Waals surface area contributed by atoms with Crippen molar-refractivity contribution in [2.75, 3.05) is 4.90 Å². The number of amides is 1. The van der Waals surface area contributed by atoms with Gasteiger partial charge >= 0.3 is 0 Å². The minimum atomic E-state index is -0.302. The molecule has 0 spiro atoms. The largest absolute Gasteiger partial charge is 0.282 e. The van der Waals surface area contributed by atoms with Crippen LogP contribution in [0.15, 0.2) is 42.6 Å². The van der Waals surface area contributed by atoms with Gasteiger partial charge in [-0.2, -0.15) is 0 Å². The molecule has 23 heavy (non-hydrogen) atoms. The molecule has 1 aromatic carbocycles. The van der Waals surface area contributed by atoms with Crippen molar-refractivity contribution in [1.82, 2.24) is 9.97 Å². The number of fused-ring (bicyclic) bond motifs is 1. The monoisotopic (exact) mass is 329 g/mol. The molecule has 1 amide bonds. The first-order valence-corrected chi connectivity index (χ1v) is 8.25. The highest BCUT2D eigenvalue weighted by atomic mass is 32.1. The summed E-state index contributed by atoms with van der Waals surface area (Å²) in [6.07, 6.45) is 2.90. The molecule has 0 bridgehead atoms. The van der Waals surface area contributed by atoms with Crippen LogP contribution in [0, 0.1) is 5.82 Å². The van der Waals surface area contributed by atoms with Crippen LogP contribution in [0.3, 0.4) is 0 Å². The highest BCUT2D eigenvalue weighted by Gasteiger charge is 2.20. The fourth-order valence-corrected chi connectivity index (χ4v) is 3.27. The molecular formula is C17H16FN3OS. The lowest BCUT2D eigenvalue weighted by atomic mass is 10.3. The Bertz CT molecular complexity index is 819. The lowest BCUT2D eigenvalue weighted by Gasteiger charge is -2.19. The van der Waals surface area contributed by atoms with Gasteiger partial charge in [0.25, 0.3) is 0 Å². The van der Waals surface area contributed by atoms with Crippen LogP contribution in [-0.2, 0) is 11.3 Å². The summed E-state index contributed by atoms with van der Waals surface area (Å²) in [5, 5.41) is 0.578. The van der Waals surface area contributed by atoms with Crippen molar-refractivity contribution in [3.05, 3.63) is 54.1 Å². The summed E-state index contributed by atoms with van der Waals surface area (Å²) in [4.78, 5) is 22.9. The summed E-state index contributed by atoms with van der Waals surface area (Å²) >= 11 is 1.32. The van der Waals surface area contributed by atoms with Gasteiger partial charge in [0.2, 0.25) is 5.91 Å². The second-order valence-electron chi connectivity index (χ2n) is 5.16. The quantitative estimate of drug-likeness (QED) is 0.706. The highest BCUT2D eigenvalue weighted by molar-refractivity contribution is 7.22. The maximum absolute atomic E-state index is 13.4. The summed E-state index contributed by atoms with van der Waals surface area (Å²) in [7, 11) is 0. The number of benzene rings is 1. The van der Waals surface area contributed by atoms with Crippen molar-refractivity contribution in [3.8, 4) is 0 Å². The van der Waals surface area contributed by atoms with Crippen LogP contribution in [0.1, 0.15) is 25.5 Å². The van der Waals surface area contributed by atoms with Crippen molar-refractivity contribution in [1.29, 1.82) is 0 Å². The van der Waals surface area contributed by atoms with E-state index in [-0.39, 0.29) is 11.7 Å². The Kier molecular flexibility index (Phi) is 4.62. The van der Waals surface area contributed by atoms with Crippen LogP contribution in [0.25, 0.3) is 10.2 Å². The number of carbonyl (C=O) groups excluding carboxylic acids is 1. The van der Waals surface area contributed by atoms with Gasteiger partial charge in [0.1, 0.15) is 5.82 Å². The first kappa shape index (κ1) is 15.6. The smallest absolute Gasteiger partial charge is 0.229 e. The third kappa shape index (κ3) is 3.53. The van der Waals surface area contributed by atoms with Crippen molar-refractivity contribution in [2.45, 2.75) is 26.3 Å². The van der Waals surface area contributed by atoms with E-state index < -0.39 is 0 Å². The van der Waals surface area contributed by atoms with Gasteiger partial charge in [0.15, 0.2) is 5.13 Å². The predicted octanol–water partition coefficient (Wildman–Crippen LogP) is 4.16. The van der Waals surface area contributed by atoms with Crippen molar-refractivity contribution >= 4 is 32.6 Å². The van der Waals surface area contributed by atoms with Crippen molar-refractivity contribution in [2.24, 2.45) is 0 Å². The molecular weight excluding hydrogens is 313 g/mol. The maximum atomic E-state index is 13.4. The Hall–Kier alpha value is -2.34. The molecule has 3 aromatic rings.